The number of ether oxygens (including phenoxy) is 1. The first kappa shape index (κ1) is 13.2. The maximum atomic E-state index is 5.61. The highest BCUT2D eigenvalue weighted by Gasteiger charge is 2.43. The highest BCUT2D eigenvalue weighted by atomic mass is 28.2. The van der Waals surface area contributed by atoms with Crippen LogP contribution < -0.4 is 4.43 Å². The Morgan fingerprint density at radius 1 is 1.21 bits per heavy atom. The van der Waals surface area contributed by atoms with Gasteiger partial charge in [-0.15, -0.1) is 0 Å². The molecular weight excluding hydrogens is 252 g/mol. The van der Waals surface area contributed by atoms with Crippen molar-refractivity contribution in [1.82, 2.24) is 0 Å². The lowest BCUT2D eigenvalue weighted by atomic mass is 9.84. The van der Waals surface area contributed by atoms with E-state index in [-0.39, 0.29) is 0 Å². The van der Waals surface area contributed by atoms with Gasteiger partial charge in [0.1, 0.15) is 5.75 Å². The Labute approximate surface area is 119 Å². The van der Waals surface area contributed by atoms with Crippen LogP contribution in [0, 0.1) is 19.8 Å². The molecule has 1 heterocycles. The molecule has 3 heteroatoms. The molecule has 2 nitrogen and oxygen atoms in total. The van der Waals surface area contributed by atoms with E-state index in [9.17, 15) is 0 Å². The fraction of sp³-hybridized carbons (Fsp3) is 0.625. The van der Waals surface area contributed by atoms with Crippen molar-refractivity contribution in [2.45, 2.75) is 58.2 Å². The molecule has 0 spiro atoms. The predicted octanol–water partition coefficient (Wildman–Crippen LogP) is 3.27. The zero-order chi connectivity index (χ0) is 13.4. The Morgan fingerprint density at radius 3 is 2.79 bits per heavy atom. The van der Waals surface area contributed by atoms with Gasteiger partial charge >= 0.3 is 10.5 Å². The van der Waals surface area contributed by atoms with E-state index in [2.05, 4.69) is 36.5 Å². The topological polar surface area (TPSA) is 21.8 Å². The standard InChI is InChI=1S/C16H21O2Si/c1-10-11(2)14(18-19)8-6-13(10)5-3-12-4-7-15-16(9-12)17-15/h6,8,12,15-16H,3-5,7,9H2,1-2H3. The van der Waals surface area contributed by atoms with E-state index < -0.39 is 0 Å². The number of hydrogen-bond donors (Lipinski definition) is 0. The van der Waals surface area contributed by atoms with Crippen LogP contribution in [0.2, 0.25) is 0 Å². The Balaban J connectivity index is 1.61. The van der Waals surface area contributed by atoms with Crippen LogP contribution in [0.3, 0.4) is 0 Å². The third kappa shape index (κ3) is 2.72. The summed E-state index contributed by atoms with van der Waals surface area (Å²) < 4.78 is 10.8. The van der Waals surface area contributed by atoms with Crippen LogP contribution in [0.1, 0.15) is 42.4 Å². The minimum atomic E-state index is 0.602. The van der Waals surface area contributed by atoms with E-state index in [1.165, 1.54) is 48.8 Å². The van der Waals surface area contributed by atoms with Crippen molar-refractivity contribution in [3.05, 3.63) is 28.8 Å². The molecule has 101 valence electrons. The molecule has 1 aliphatic carbocycles. The molecule has 0 amide bonds. The number of hydrogen-bond acceptors (Lipinski definition) is 2. The number of benzene rings is 1. The summed E-state index contributed by atoms with van der Waals surface area (Å²) in [5.41, 5.74) is 4.07. The van der Waals surface area contributed by atoms with Crippen LogP contribution >= 0.6 is 0 Å². The monoisotopic (exact) mass is 273 g/mol. The van der Waals surface area contributed by atoms with Crippen LogP contribution in [0.15, 0.2) is 12.1 Å². The number of aryl methyl sites for hydroxylation is 1. The second kappa shape index (κ2) is 5.29. The molecular formula is C16H21O2Si. The van der Waals surface area contributed by atoms with Crippen LogP contribution in [-0.2, 0) is 11.2 Å². The SMILES string of the molecule is Cc1c(CCC2CCC3OC3C2)ccc(O[Si])c1C. The maximum Gasteiger partial charge on any atom is 0.341 e. The second-order valence-corrected chi connectivity index (χ2v) is 6.21. The van der Waals surface area contributed by atoms with E-state index in [0.717, 1.165) is 11.7 Å². The lowest BCUT2D eigenvalue weighted by Crippen LogP contribution is -2.14. The number of epoxide rings is 1. The lowest BCUT2D eigenvalue weighted by molar-refractivity contribution is 0.351. The molecule has 0 aromatic heterocycles. The second-order valence-electron chi connectivity index (χ2n) is 6.01. The minimum Gasteiger partial charge on any atom is -0.540 e. The average molecular weight is 273 g/mol. The van der Waals surface area contributed by atoms with Crippen molar-refractivity contribution >= 4 is 10.5 Å². The normalized spacial score (nSPS) is 28.9. The van der Waals surface area contributed by atoms with Gasteiger partial charge in [0.25, 0.3) is 0 Å². The van der Waals surface area contributed by atoms with Crippen molar-refractivity contribution in [3.8, 4) is 5.75 Å². The van der Waals surface area contributed by atoms with Crippen LogP contribution in [0.25, 0.3) is 0 Å². The van der Waals surface area contributed by atoms with Crippen molar-refractivity contribution in [1.29, 1.82) is 0 Å². The molecule has 1 saturated heterocycles. The molecule has 2 fully saturated rings. The molecule has 19 heavy (non-hydrogen) atoms. The predicted molar refractivity (Wildman–Crippen MR) is 76.6 cm³/mol. The number of fused-ring (bicyclic) bond motifs is 1. The summed E-state index contributed by atoms with van der Waals surface area (Å²) in [6.07, 6.45) is 7.61. The van der Waals surface area contributed by atoms with Gasteiger partial charge in [0.05, 0.1) is 12.2 Å². The maximum absolute atomic E-state index is 5.61. The molecule has 0 bridgehead atoms. The van der Waals surface area contributed by atoms with Gasteiger partial charge in [-0.05, 0) is 74.6 Å². The Hall–Kier alpha value is -0.803. The van der Waals surface area contributed by atoms with Gasteiger partial charge in [0.2, 0.25) is 0 Å². The fourth-order valence-corrected chi connectivity index (χ4v) is 3.56. The molecule has 3 radical (unpaired) electrons. The largest absolute Gasteiger partial charge is 0.540 e. The number of rotatable bonds is 4. The first-order valence-electron chi connectivity index (χ1n) is 7.27. The third-order valence-corrected chi connectivity index (χ3v) is 5.11. The zero-order valence-electron chi connectivity index (χ0n) is 11.7. The van der Waals surface area contributed by atoms with Gasteiger partial charge in [-0.25, -0.2) is 0 Å². The molecule has 1 aliphatic heterocycles. The Morgan fingerprint density at radius 2 is 2.05 bits per heavy atom. The minimum absolute atomic E-state index is 0.602. The van der Waals surface area contributed by atoms with E-state index in [1.54, 1.807) is 0 Å². The highest BCUT2D eigenvalue weighted by molar-refractivity contribution is 6.00. The van der Waals surface area contributed by atoms with E-state index >= 15 is 0 Å². The van der Waals surface area contributed by atoms with Gasteiger partial charge in [0.15, 0.2) is 0 Å². The highest BCUT2D eigenvalue weighted by Crippen LogP contribution is 2.41. The zero-order valence-corrected chi connectivity index (χ0v) is 12.7. The summed E-state index contributed by atoms with van der Waals surface area (Å²) in [6, 6.07) is 4.27. The Bertz CT molecular complexity index is 472. The first-order valence-corrected chi connectivity index (χ1v) is 7.68. The lowest BCUT2D eigenvalue weighted by Gasteiger charge is -2.20. The van der Waals surface area contributed by atoms with Gasteiger partial charge in [0, 0.05) is 0 Å². The Kier molecular flexibility index (Phi) is 3.67. The van der Waals surface area contributed by atoms with Gasteiger partial charge in [-0.3, -0.25) is 0 Å². The van der Waals surface area contributed by atoms with Crippen molar-refractivity contribution < 1.29 is 9.16 Å². The fourth-order valence-electron chi connectivity index (χ4n) is 3.34. The molecule has 1 aromatic carbocycles. The summed E-state index contributed by atoms with van der Waals surface area (Å²) in [7, 11) is 3.11. The molecule has 1 aromatic rings. The summed E-state index contributed by atoms with van der Waals surface area (Å²) >= 11 is 0. The molecule has 3 rings (SSSR count). The van der Waals surface area contributed by atoms with E-state index in [0.29, 0.717) is 12.2 Å². The van der Waals surface area contributed by atoms with Crippen LogP contribution in [-0.4, -0.2) is 22.7 Å². The molecule has 3 unspecified atom stereocenters. The summed E-state index contributed by atoms with van der Waals surface area (Å²) in [5, 5.41) is 0. The van der Waals surface area contributed by atoms with Crippen molar-refractivity contribution in [2.24, 2.45) is 5.92 Å². The molecule has 3 atom stereocenters. The van der Waals surface area contributed by atoms with Crippen molar-refractivity contribution in [2.75, 3.05) is 0 Å². The molecule has 1 saturated carbocycles. The van der Waals surface area contributed by atoms with E-state index in [1.807, 2.05) is 0 Å². The van der Waals surface area contributed by atoms with Crippen LogP contribution in [0.4, 0.5) is 0 Å². The van der Waals surface area contributed by atoms with Gasteiger partial charge in [-0.1, -0.05) is 6.07 Å². The smallest absolute Gasteiger partial charge is 0.341 e. The van der Waals surface area contributed by atoms with Gasteiger partial charge < -0.3 is 9.16 Å². The molecule has 2 aliphatic rings. The van der Waals surface area contributed by atoms with Gasteiger partial charge in [-0.2, -0.15) is 0 Å². The quantitative estimate of drug-likeness (QED) is 0.620. The summed E-state index contributed by atoms with van der Waals surface area (Å²) in [5.74, 6) is 1.78. The summed E-state index contributed by atoms with van der Waals surface area (Å²) in [6.45, 7) is 4.32. The average Bonchev–Trinajstić information content (AvgIpc) is 3.19. The molecule has 0 N–H and O–H groups in total. The third-order valence-electron chi connectivity index (χ3n) is 4.89. The summed E-state index contributed by atoms with van der Waals surface area (Å²) in [4.78, 5) is 0. The first-order chi connectivity index (χ1) is 9.19. The van der Waals surface area contributed by atoms with E-state index in [4.69, 9.17) is 9.16 Å². The van der Waals surface area contributed by atoms with Crippen LogP contribution in [0.5, 0.6) is 5.75 Å². The van der Waals surface area contributed by atoms with Crippen molar-refractivity contribution in [3.63, 3.8) is 0 Å².